The largest absolute Gasteiger partial charge is 0.317 e. The minimum Gasteiger partial charge on any atom is -0.317 e. The molecule has 2 heterocycles. The van der Waals surface area contributed by atoms with Gasteiger partial charge in [-0.3, -0.25) is 4.79 Å². The van der Waals surface area contributed by atoms with Crippen molar-refractivity contribution in [2.75, 3.05) is 19.6 Å². The van der Waals surface area contributed by atoms with Gasteiger partial charge in [-0.25, -0.2) is 0 Å². The predicted octanol–water partition coefficient (Wildman–Crippen LogP) is -0.562. The molecule has 2 saturated heterocycles. The molecule has 0 aromatic rings. The van der Waals surface area contributed by atoms with Gasteiger partial charge in [-0.2, -0.15) is 0 Å². The van der Waals surface area contributed by atoms with Crippen LogP contribution in [0.15, 0.2) is 0 Å². The molecule has 61 valence electrons. The van der Waals surface area contributed by atoms with E-state index in [1.54, 1.807) is 0 Å². The Kier molecular flexibility index (Phi) is 1.69. The summed E-state index contributed by atoms with van der Waals surface area (Å²) in [7, 11) is 0. The Labute approximate surface area is 66.5 Å². The minimum absolute atomic E-state index is 0.0181. The molecule has 11 heavy (non-hydrogen) atoms. The third-order valence-corrected chi connectivity index (χ3v) is 2.99. The molecule has 3 nitrogen and oxygen atoms in total. The Morgan fingerprint density at radius 3 is 2.55 bits per heavy atom. The second-order valence-corrected chi connectivity index (χ2v) is 3.54. The summed E-state index contributed by atoms with van der Waals surface area (Å²) in [4.78, 5) is 10.5. The molecule has 2 N–H and O–H groups in total. The maximum Gasteiger partial charge on any atom is 0.217 e. The van der Waals surface area contributed by atoms with Crippen LogP contribution in [0.3, 0.4) is 0 Å². The van der Waals surface area contributed by atoms with Gasteiger partial charge in [0, 0.05) is 12.0 Å². The average Bonchev–Trinajstić information content (AvgIpc) is 2.05. The number of hydrogen-bond donors (Lipinski definition) is 2. The van der Waals surface area contributed by atoms with Gasteiger partial charge in [-0.1, -0.05) is 0 Å². The van der Waals surface area contributed by atoms with Crippen molar-refractivity contribution in [2.24, 2.45) is 5.41 Å². The molecular formula is C8H13N2O. The molecule has 0 aromatic heterocycles. The average molecular weight is 153 g/mol. The van der Waals surface area contributed by atoms with Crippen LogP contribution in [-0.2, 0) is 4.79 Å². The molecule has 2 rings (SSSR count). The second kappa shape index (κ2) is 2.57. The van der Waals surface area contributed by atoms with Crippen LogP contribution in [0.5, 0.6) is 0 Å². The molecule has 3 heteroatoms. The van der Waals surface area contributed by atoms with Gasteiger partial charge in [0.1, 0.15) is 0 Å². The van der Waals surface area contributed by atoms with Gasteiger partial charge in [0.2, 0.25) is 6.29 Å². The van der Waals surface area contributed by atoms with E-state index in [-0.39, 0.29) is 11.5 Å². The Morgan fingerprint density at radius 1 is 1.36 bits per heavy atom. The summed E-state index contributed by atoms with van der Waals surface area (Å²) >= 11 is 0. The normalized spacial score (nSPS) is 34.7. The van der Waals surface area contributed by atoms with E-state index in [4.69, 9.17) is 0 Å². The number of nitrogens with one attached hydrogen (secondary N) is 2. The number of piperidine rings is 1. The molecule has 1 radical (unpaired) electrons. The van der Waals surface area contributed by atoms with Crippen LogP contribution in [0.2, 0.25) is 0 Å². The molecule has 2 fully saturated rings. The van der Waals surface area contributed by atoms with E-state index in [0.717, 1.165) is 32.5 Å². The van der Waals surface area contributed by atoms with E-state index >= 15 is 0 Å². The smallest absolute Gasteiger partial charge is 0.217 e. The number of rotatable bonds is 1. The minimum atomic E-state index is 0.0181. The second-order valence-electron chi connectivity index (χ2n) is 3.54. The van der Waals surface area contributed by atoms with E-state index in [2.05, 4.69) is 16.9 Å². The van der Waals surface area contributed by atoms with E-state index < -0.39 is 0 Å². The molecule has 2 aliphatic rings. The Balaban J connectivity index is 2.02. The first-order valence-corrected chi connectivity index (χ1v) is 4.19. The van der Waals surface area contributed by atoms with Crippen molar-refractivity contribution < 1.29 is 4.79 Å². The fourth-order valence-corrected chi connectivity index (χ4v) is 2.05. The quantitative estimate of drug-likeness (QED) is 0.530. The molecule has 0 amide bonds. The summed E-state index contributed by atoms with van der Waals surface area (Å²) in [5, 5.41) is 6.40. The van der Waals surface area contributed by atoms with E-state index in [9.17, 15) is 4.79 Å². The zero-order valence-electron chi connectivity index (χ0n) is 6.52. The molecule has 1 spiro atoms. The van der Waals surface area contributed by atoms with Crippen LogP contribution >= 0.6 is 0 Å². The van der Waals surface area contributed by atoms with Crippen LogP contribution in [0.25, 0.3) is 0 Å². The fraction of sp³-hybridized carbons (Fsp3) is 0.875. The van der Waals surface area contributed by atoms with Crippen LogP contribution in [-0.4, -0.2) is 32.0 Å². The van der Waals surface area contributed by atoms with Crippen molar-refractivity contribution in [1.82, 2.24) is 10.6 Å². The zero-order chi connectivity index (χ0) is 7.73. The zero-order valence-corrected chi connectivity index (χ0v) is 6.52. The first-order valence-electron chi connectivity index (χ1n) is 4.19. The van der Waals surface area contributed by atoms with Crippen molar-refractivity contribution >= 4 is 6.29 Å². The van der Waals surface area contributed by atoms with Gasteiger partial charge < -0.3 is 10.6 Å². The lowest BCUT2D eigenvalue weighted by molar-refractivity contribution is 0.0811. The monoisotopic (exact) mass is 153 g/mol. The van der Waals surface area contributed by atoms with Crippen molar-refractivity contribution in [3.05, 3.63) is 0 Å². The summed E-state index contributed by atoms with van der Waals surface area (Å²) in [6.07, 6.45) is 4.32. The van der Waals surface area contributed by atoms with Gasteiger partial charge >= 0.3 is 0 Å². The van der Waals surface area contributed by atoms with E-state index in [1.165, 1.54) is 0 Å². The van der Waals surface area contributed by atoms with Crippen LogP contribution in [0, 0.1) is 5.41 Å². The highest BCUT2D eigenvalue weighted by molar-refractivity contribution is 5.62. The SMILES string of the molecule is O=[C]C1NCC12CCNCC2. The molecule has 2 aliphatic heterocycles. The van der Waals surface area contributed by atoms with Gasteiger partial charge in [0.15, 0.2) is 0 Å². The lowest BCUT2D eigenvalue weighted by atomic mass is 9.68. The topological polar surface area (TPSA) is 41.1 Å². The Morgan fingerprint density at radius 2 is 2.09 bits per heavy atom. The summed E-state index contributed by atoms with van der Waals surface area (Å²) < 4.78 is 0. The molecule has 0 aromatic carbocycles. The maximum atomic E-state index is 10.5. The Hall–Kier alpha value is -0.410. The first kappa shape index (κ1) is 7.25. The lowest BCUT2D eigenvalue weighted by Crippen LogP contribution is -2.66. The molecule has 0 bridgehead atoms. The third-order valence-electron chi connectivity index (χ3n) is 2.99. The molecule has 1 atom stereocenters. The molecule has 0 aliphatic carbocycles. The highest BCUT2D eigenvalue weighted by atomic mass is 16.1. The fourth-order valence-electron chi connectivity index (χ4n) is 2.05. The molecule has 0 saturated carbocycles. The van der Waals surface area contributed by atoms with Gasteiger partial charge in [0.05, 0.1) is 6.04 Å². The van der Waals surface area contributed by atoms with Gasteiger partial charge in [-0.15, -0.1) is 0 Å². The lowest BCUT2D eigenvalue weighted by Gasteiger charge is -2.50. The predicted molar refractivity (Wildman–Crippen MR) is 42.0 cm³/mol. The third kappa shape index (κ3) is 0.993. The van der Waals surface area contributed by atoms with Crippen LogP contribution < -0.4 is 10.6 Å². The summed E-state index contributed by atoms with van der Waals surface area (Å²) in [6, 6.07) is 0.0181. The number of hydrogen-bond acceptors (Lipinski definition) is 3. The van der Waals surface area contributed by atoms with Gasteiger partial charge in [0.25, 0.3) is 0 Å². The van der Waals surface area contributed by atoms with Crippen molar-refractivity contribution in [3.8, 4) is 0 Å². The van der Waals surface area contributed by atoms with Crippen molar-refractivity contribution in [2.45, 2.75) is 18.9 Å². The summed E-state index contributed by atoms with van der Waals surface area (Å²) in [5.41, 5.74) is 0.271. The summed E-state index contributed by atoms with van der Waals surface area (Å²) in [5.74, 6) is 0. The summed E-state index contributed by atoms with van der Waals surface area (Å²) in [6.45, 7) is 3.12. The van der Waals surface area contributed by atoms with Crippen molar-refractivity contribution in [3.63, 3.8) is 0 Å². The number of carbonyl (C=O) groups excluding carboxylic acids is 1. The van der Waals surface area contributed by atoms with Crippen LogP contribution in [0.1, 0.15) is 12.8 Å². The molecule has 1 unspecified atom stereocenters. The Bertz CT molecular complexity index is 163. The molecular weight excluding hydrogens is 140 g/mol. The van der Waals surface area contributed by atoms with Crippen molar-refractivity contribution in [1.29, 1.82) is 0 Å². The highest BCUT2D eigenvalue weighted by Gasteiger charge is 2.47. The van der Waals surface area contributed by atoms with Crippen LogP contribution in [0.4, 0.5) is 0 Å². The highest BCUT2D eigenvalue weighted by Crippen LogP contribution is 2.37. The van der Waals surface area contributed by atoms with E-state index in [0.29, 0.717) is 0 Å². The van der Waals surface area contributed by atoms with E-state index in [1.807, 2.05) is 0 Å². The van der Waals surface area contributed by atoms with Gasteiger partial charge in [-0.05, 0) is 25.9 Å². The maximum absolute atomic E-state index is 10.5. The standard InChI is InChI=1S/C8H13N2O/c11-5-7-8(6-10-7)1-3-9-4-2-8/h7,9-10H,1-4,6H2. The first-order chi connectivity index (χ1) is 5.37.